The monoisotopic (exact) mass is 506 g/mol. The summed E-state index contributed by atoms with van der Waals surface area (Å²) in [6.07, 6.45) is 4.24. The summed E-state index contributed by atoms with van der Waals surface area (Å²) in [7, 11) is 3.07. The number of hydrogen-bond donors (Lipinski definition) is 1. The second-order valence-corrected chi connectivity index (χ2v) is 8.43. The Bertz CT molecular complexity index is 1450. The van der Waals surface area contributed by atoms with Gasteiger partial charge in [0.15, 0.2) is 11.2 Å². The van der Waals surface area contributed by atoms with E-state index in [1.807, 2.05) is 66.7 Å². The van der Waals surface area contributed by atoms with Crippen LogP contribution in [-0.2, 0) is 27.1 Å². The van der Waals surface area contributed by atoms with Gasteiger partial charge in [0.25, 0.3) is 5.56 Å². The zero-order chi connectivity index (χ0) is 23.4. The lowest BCUT2D eigenvalue weighted by atomic mass is 10.1. The van der Waals surface area contributed by atoms with Gasteiger partial charge in [0.05, 0.1) is 6.21 Å². The van der Waals surface area contributed by atoms with Crippen molar-refractivity contribution in [1.82, 2.24) is 18.7 Å². The Balaban J connectivity index is 1.69. The normalized spacial score (nSPS) is 12.0. The third kappa shape index (κ3) is 4.88. The molecule has 9 heteroatoms. The SMILES string of the molecule is Cn1c(=O)c2c(nc(N/N=C/C(Br)=C/c3ccccc3)n2CCc2ccccc2)n(C)c1=O. The first-order chi connectivity index (χ1) is 16.0. The van der Waals surface area contributed by atoms with Crippen molar-refractivity contribution >= 4 is 45.3 Å². The lowest BCUT2D eigenvalue weighted by Gasteiger charge is -2.09. The molecule has 2 heterocycles. The molecule has 0 atom stereocenters. The molecule has 33 heavy (non-hydrogen) atoms. The fourth-order valence-electron chi connectivity index (χ4n) is 3.53. The fourth-order valence-corrected chi connectivity index (χ4v) is 3.90. The number of anilines is 1. The number of fused-ring (bicyclic) bond motifs is 1. The highest BCUT2D eigenvalue weighted by Gasteiger charge is 2.18. The number of nitrogens with zero attached hydrogens (tertiary/aromatic N) is 5. The summed E-state index contributed by atoms with van der Waals surface area (Å²) in [5.41, 5.74) is 4.94. The number of nitrogens with one attached hydrogen (secondary N) is 1. The van der Waals surface area contributed by atoms with Crippen molar-refractivity contribution in [3.63, 3.8) is 0 Å². The molecule has 0 amide bonds. The molecule has 0 aliphatic carbocycles. The molecule has 0 unspecified atom stereocenters. The first-order valence-electron chi connectivity index (χ1n) is 10.4. The zero-order valence-electron chi connectivity index (χ0n) is 18.3. The molecule has 4 aromatic rings. The largest absolute Gasteiger partial charge is 0.332 e. The van der Waals surface area contributed by atoms with Crippen LogP contribution in [0.1, 0.15) is 11.1 Å². The highest BCUT2D eigenvalue weighted by atomic mass is 79.9. The van der Waals surface area contributed by atoms with Gasteiger partial charge in [0.2, 0.25) is 5.95 Å². The van der Waals surface area contributed by atoms with Crippen molar-refractivity contribution in [2.75, 3.05) is 5.43 Å². The molecule has 0 saturated heterocycles. The second-order valence-electron chi connectivity index (χ2n) is 7.51. The van der Waals surface area contributed by atoms with Crippen LogP contribution in [0.25, 0.3) is 17.2 Å². The van der Waals surface area contributed by atoms with Crippen molar-refractivity contribution in [2.45, 2.75) is 13.0 Å². The third-order valence-corrected chi connectivity index (χ3v) is 5.71. The first-order valence-corrected chi connectivity index (χ1v) is 11.2. The smallest absolute Gasteiger partial charge is 0.303 e. The number of allylic oxidation sites excluding steroid dienone is 1. The molecule has 0 aliphatic rings. The predicted molar refractivity (Wildman–Crippen MR) is 136 cm³/mol. The minimum Gasteiger partial charge on any atom is -0.303 e. The molecular formula is C24H23BrN6O2. The van der Waals surface area contributed by atoms with Crippen molar-refractivity contribution < 1.29 is 0 Å². The molecule has 2 aromatic heterocycles. The third-order valence-electron chi connectivity index (χ3n) is 5.27. The quantitative estimate of drug-likeness (QED) is 0.307. The van der Waals surface area contributed by atoms with E-state index >= 15 is 0 Å². The molecule has 2 aromatic carbocycles. The number of aryl methyl sites for hydroxylation is 3. The van der Waals surface area contributed by atoms with Gasteiger partial charge >= 0.3 is 5.69 Å². The summed E-state index contributed by atoms with van der Waals surface area (Å²) >= 11 is 3.49. The topological polar surface area (TPSA) is 86.2 Å². The molecule has 0 radical (unpaired) electrons. The molecule has 0 spiro atoms. The van der Waals surface area contributed by atoms with Gasteiger partial charge in [-0.15, -0.1) is 0 Å². The molecule has 8 nitrogen and oxygen atoms in total. The fraction of sp³-hybridized carbons (Fsp3) is 0.167. The number of imidazole rings is 1. The maximum Gasteiger partial charge on any atom is 0.332 e. The van der Waals surface area contributed by atoms with Crippen LogP contribution in [0.4, 0.5) is 5.95 Å². The summed E-state index contributed by atoms with van der Waals surface area (Å²) in [4.78, 5) is 29.9. The van der Waals surface area contributed by atoms with Gasteiger partial charge in [-0.05, 0) is 39.6 Å². The van der Waals surface area contributed by atoms with E-state index in [2.05, 4.69) is 31.4 Å². The van der Waals surface area contributed by atoms with Crippen molar-refractivity contribution in [2.24, 2.45) is 19.2 Å². The van der Waals surface area contributed by atoms with E-state index < -0.39 is 11.2 Å². The van der Waals surface area contributed by atoms with Crippen LogP contribution in [0, 0.1) is 0 Å². The summed E-state index contributed by atoms with van der Waals surface area (Å²) in [6, 6.07) is 19.8. The van der Waals surface area contributed by atoms with E-state index in [0.29, 0.717) is 30.1 Å². The maximum atomic E-state index is 12.9. The van der Waals surface area contributed by atoms with Crippen LogP contribution in [-0.4, -0.2) is 24.9 Å². The summed E-state index contributed by atoms with van der Waals surface area (Å²) in [5, 5.41) is 4.28. The maximum absolute atomic E-state index is 12.9. The standard InChI is InChI=1S/C24H23BrN6O2/c1-29-21-20(22(32)30(2)24(29)33)31(14-13-17-9-5-3-6-10-17)23(27-21)28-26-16-19(25)15-18-11-7-4-8-12-18/h3-12,15-16H,13-14H2,1-2H3,(H,27,28)/b19-15-,26-16+. The van der Waals surface area contributed by atoms with E-state index in [-0.39, 0.29) is 0 Å². The second kappa shape index (κ2) is 9.83. The first kappa shape index (κ1) is 22.5. The molecule has 0 aliphatic heterocycles. The van der Waals surface area contributed by atoms with Gasteiger partial charge in [-0.25, -0.2) is 10.2 Å². The Morgan fingerprint density at radius 1 is 1.03 bits per heavy atom. The Kier molecular flexibility index (Phi) is 6.69. The summed E-state index contributed by atoms with van der Waals surface area (Å²) in [6.45, 7) is 0.493. The molecule has 0 saturated carbocycles. The number of hydrogen-bond acceptors (Lipinski definition) is 5. The minimum absolute atomic E-state index is 0.313. The number of rotatable bonds is 7. The number of halogens is 1. The van der Waals surface area contributed by atoms with E-state index in [9.17, 15) is 9.59 Å². The Hall–Kier alpha value is -3.72. The van der Waals surface area contributed by atoms with Crippen LogP contribution in [0.15, 0.2) is 79.8 Å². The summed E-state index contributed by atoms with van der Waals surface area (Å²) in [5.74, 6) is 0.385. The molecule has 1 N–H and O–H groups in total. The van der Waals surface area contributed by atoms with Gasteiger partial charge in [-0.1, -0.05) is 60.7 Å². The number of aromatic nitrogens is 4. The Labute approximate surface area is 198 Å². The highest BCUT2D eigenvalue weighted by Crippen LogP contribution is 2.17. The average molecular weight is 507 g/mol. The van der Waals surface area contributed by atoms with Gasteiger partial charge in [-0.3, -0.25) is 13.9 Å². The van der Waals surface area contributed by atoms with E-state index in [4.69, 9.17) is 0 Å². The van der Waals surface area contributed by atoms with Crippen molar-refractivity contribution in [3.8, 4) is 0 Å². The van der Waals surface area contributed by atoms with Gasteiger partial charge in [0.1, 0.15) is 0 Å². The van der Waals surface area contributed by atoms with E-state index in [1.54, 1.807) is 17.8 Å². The molecule has 4 rings (SSSR count). The van der Waals surface area contributed by atoms with Crippen LogP contribution >= 0.6 is 15.9 Å². The van der Waals surface area contributed by atoms with Crippen molar-refractivity contribution in [1.29, 1.82) is 0 Å². The van der Waals surface area contributed by atoms with Crippen LogP contribution in [0.2, 0.25) is 0 Å². The van der Waals surface area contributed by atoms with Crippen molar-refractivity contribution in [3.05, 3.63) is 97.1 Å². The van der Waals surface area contributed by atoms with E-state index in [1.165, 1.54) is 11.6 Å². The Morgan fingerprint density at radius 2 is 1.70 bits per heavy atom. The summed E-state index contributed by atoms with van der Waals surface area (Å²) < 4.78 is 5.00. The number of benzene rings is 2. The van der Waals surface area contributed by atoms with Gasteiger partial charge in [-0.2, -0.15) is 10.1 Å². The average Bonchev–Trinajstić information content (AvgIpc) is 3.20. The van der Waals surface area contributed by atoms with Gasteiger partial charge in [0, 0.05) is 25.1 Å². The lowest BCUT2D eigenvalue weighted by Crippen LogP contribution is -2.37. The molecule has 168 valence electrons. The van der Waals surface area contributed by atoms with Crippen LogP contribution in [0.3, 0.4) is 0 Å². The van der Waals surface area contributed by atoms with Crippen LogP contribution in [0.5, 0.6) is 0 Å². The molecule has 0 fully saturated rings. The molecule has 0 bridgehead atoms. The highest BCUT2D eigenvalue weighted by molar-refractivity contribution is 9.12. The predicted octanol–water partition coefficient (Wildman–Crippen LogP) is 3.51. The number of hydrazone groups is 1. The Morgan fingerprint density at radius 3 is 2.39 bits per heavy atom. The van der Waals surface area contributed by atoms with E-state index in [0.717, 1.165) is 20.2 Å². The lowest BCUT2D eigenvalue weighted by molar-refractivity contribution is 0.687. The zero-order valence-corrected chi connectivity index (χ0v) is 19.9. The minimum atomic E-state index is -0.427. The van der Waals surface area contributed by atoms with Crippen LogP contribution < -0.4 is 16.7 Å². The van der Waals surface area contributed by atoms with Gasteiger partial charge < -0.3 is 4.57 Å². The molecular weight excluding hydrogens is 484 g/mol.